The summed E-state index contributed by atoms with van der Waals surface area (Å²) in [6.07, 6.45) is -4.36. The first-order chi connectivity index (χ1) is 13.8. The SMILES string of the molecule is Nc1ncccc1C(=O)c1nc(NC[C@@H](O)c2ccccc2)ccc1C(F)(F)F. The molecule has 0 aliphatic rings. The number of rotatable bonds is 6. The van der Waals surface area contributed by atoms with Crippen LogP contribution in [0.4, 0.5) is 24.8 Å². The third-order valence-electron chi connectivity index (χ3n) is 4.16. The predicted octanol–water partition coefficient (Wildman–Crippen LogP) is 3.45. The average Bonchev–Trinajstić information content (AvgIpc) is 2.71. The molecule has 29 heavy (non-hydrogen) atoms. The van der Waals surface area contributed by atoms with E-state index < -0.39 is 29.3 Å². The second kappa shape index (κ2) is 8.27. The summed E-state index contributed by atoms with van der Waals surface area (Å²) in [5.74, 6) is -1.17. The minimum atomic E-state index is -4.78. The number of hydrogen-bond acceptors (Lipinski definition) is 6. The molecule has 0 saturated carbocycles. The summed E-state index contributed by atoms with van der Waals surface area (Å²) in [5.41, 5.74) is 4.11. The number of halogens is 3. The number of aromatic nitrogens is 2. The largest absolute Gasteiger partial charge is 0.418 e. The third-order valence-corrected chi connectivity index (χ3v) is 4.16. The van der Waals surface area contributed by atoms with Gasteiger partial charge in [-0.3, -0.25) is 4.79 Å². The zero-order valence-electron chi connectivity index (χ0n) is 15.0. The quantitative estimate of drug-likeness (QED) is 0.546. The number of nitrogens with zero attached hydrogens (tertiary/aromatic N) is 2. The van der Waals surface area contributed by atoms with Gasteiger partial charge in [-0.05, 0) is 29.8 Å². The monoisotopic (exact) mass is 402 g/mol. The van der Waals surface area contributed by atoms with Crippen molar-refractivity contribution in [3.63, 3.8) is 0 Å². The lowest BCUT2D eigenvalue weighted by molar-refractivity contribution is -0.138. The van der Waals surface area contributed by atoms with Gasteiger partial charge in [0.15, 0.2) is 0 Å². The average molecular weight is 402 g/mol. The van der Waals surface area contributed by atoms with Crippen LogP contribution in [0, 0.1) is 0 Å². The van der Waals surface area contributed by atoms with E-state index in [0.29, 0.717) is 5.56 Å². The molecule has 2 heterocycles. The molecule has 2 aromatic heterocycles. The van der Waals surface area contributed by atoms with Crippen LogP contribution in [-0.4, -0.2) is 27.4 Å². The van der Waals surface area contributed by atoms with E-state index in [0.717, 1.165) is 12.1 Å². The Bertz CT molecular complexity index is 1010. The molecule has 0 aliphatic carbocycles. The van der Waals surface area contributed by atoms with Crippen LogP contribution in [-0.2, 0) is 6.18 Å². The molecule has 3 aromatic rings. The number of carbonyl (C=O) groups is 1. The lowest BCUT2D eigenvalue weighted by Gasteiger charge is -2.16. The van der Waals surface area contributed by atoms with E-state index in [-0.39, 0.29) is 23.7 Å². The van der Waals surface area contributed by atoms with Crippen molar-refractivity contribution >= 4 is 17.4 Å². The Labute approximate surface area is 164 Å². The van der Waals surface area contributed by atoms with Gasteiger partial charge >= 0.3 is 6.18 Å². The van der Waals surface area contributed by atoms with Gasteiger partial charge in [-0.25, -0.2) is 9.97 Å². The molecule has 0 saturated heterocycles. The van der Waals surface area contributed by atoms with E-state index in [1.54, 1.807) is 30.3 Å². The Morgan fingerprint density at radius 2 is 1.83 bits per heavy atom. The van der Waals surface area contributed by atoms with Crippen LogP contribution < -0.4 is 11.1 Å². The highest BCUT2D eigenvalue weighted by Gasteiger charge is 2.37. The summed E-state index contributed by atoms with van der Waals surface area (Å²) in [7, 11) is 0. The zero-order chi connectivity index (χ0) is 21.0. The van der Waals surface area contributed by atoms with E-state index in [1.807, 2.05) is 0 Å². The Morgan fingerprint density at radius 1 is 1.10 bits per heavy atom. The molecule has 6 nitrogen and oxygen atoms in total. The van der Waals surface area contributed by atoms with Crippen molar-refractivity contribution in [2.75, 3.05) is 17.6 Å². The van der Waals surface area contributed by atoms with Gasteiger partial charge in [0.2, 0.25) is 5.78 Å². The Balaban J connectivity index is 1.90. The fourth-order valence-electron chi connectivity index (χ4n) is 2.69. The summed E-state index contributed by atoms with van der Waals surface area (Å²) in [6, 6.07) is 13.3. The number of nitrogen functional groups attached to an aromatic ring is 1. The van der Waals surface area contributed by atoms with Crippen molar-refractivity contribution in [1.82, 2.24) is 9.97 Å². The zero-order valence-corrected chi connectivity index (χ0v) is 15.0. The molecule has 4 N–H and O–H groups in total. The first-order valence-electron chi connectivity index (χ1n) is 8.57. The van der Waals surface area contributed by atoms with Gasteiger partial charge in [0, 0.05) is 12.7 Å². The molecule has 0 fully saturated rings. The fourth-order valence-corrected chi connectivity index (χ4v) is 2.69. The predicted molar refractivity (Wildman–Crippen MR) is 101 cm³/mol. The number of aliphatic hydroxyl groups excluding tert-OH is 1. The van der Waals surface area contributed by atoms with Gasteiger partial charge in [0.25, 0.3) is 0 Å². The van der Waals surface area contributed by atoms with E-state index in [4.69, 9.17) is 5.73 Å². The number of nitrogens with two attached hydrogens (primary N) is 1. The smallest absolute Gasteiger partial charge is 0.387 e. The third kappa shape index (κ3) is 4.69. The van der Waals surface area contributed by atoms with E-state index in [1.165, 1.54) is 18.3 Å². The molecule has 0 aliphatic heterocycles. The molecule has 9 heteroatoms. The topological polar surface area (TPSA) is 101 Å². The van der Waals surface area contributed by atoms with Crippen molar-refractivity contribution in [3.8, 4) is 0 Å². The molecule has 0 bridgehead atoms. The molecule has 150 valence electrons. The molecule has 0 radical (unpaired) electrons. The molecular formula is C20H17F3N4O2. The van der Waals surface area contributed by atoms with Crippen molar-refractivity contribution in [3.05, 3.63) is 83.2 Å². The van der Waals surface area contributed by atoms with Crippen LogP contribution >= 0.6 is 0 Å². The highest BCUT2D eigenvalue weighted by molar-refractivity contribution is 6.11. The number of ketones is 1. The van der Waals surface area contributed by atoms with Gasteiger partial charge in [-0.1, -0.05) is 30.3 Å². The maximum Gasteiger partial charge on any atom is 0.418 e. The molecule has 0 amide bonds. The molecule has 1 atom stereocenters. The van der Waals surface area contributed by atoms with Crippen LogP contribution in [0.3, 0.4) is 0 Å². The number of carbonyl (C=O) groups excluding carboxylic acids is 1. The molecule has 0 unspecified atom stereocenters. The maximum absolute atomic E-state index is 13.4. The number of pyridine rings is 2. The number of hydrogen-bond donors (Lipinski definition) is 3. The summed E-state index contributed by atoms with van der Waals surface area (Å²) in [6.45, 7) is -0.00889. The highest BCUT2D eigenvalue weighted by Crippen LogP contribution is 2.33. The molecule has 3 rings (SSSR count). The lowest BCUT2D eigenvalue weighted by Crippen LogP contribution is -2.19. The van der Waals surface area contributed by atoms with E-state index >= 15 is 0 Å². The van der Waals surface area contributed by atoms with Crippen molar-refractivity contribution < 1.29 is 23.1 Å². The van der Waals surface area contributed by atoms with Crippen molar-refractivity contribution in [1.29, 1.82) is 0 Å². The van der Waals surface area contributed by atoms with Crippen LogP contribution in [0.2, 0.25) is 0 Å². The van der Waals surface area contributed by atoms with Crippen LogP contribution in [0.15, 0.2) is 60.8 Å². The van der Waals surface area contributed by atoms with Crippen LogP contribution in [0.25, 0.3) is 0 Å². The van der Waals surface area contributed by atoms with Gasteiger partial charge in [0.05, 0.1) is 17.2 Å². The summed E-state index contributed by atoms with van der Waals surface area (Å²) in [4.78, 5) is 20.3. The van der Waals surface area contributed by atoms with E-state index in [2.05, 4.69) is 15.3 Å². The molecule has 0 spiro atoms. The summed E-state index contributed by atoms with van der Waals surface area (Å²) in [5, 5.41) is 13.0. The fraction of sp³-hybridized carbons (Fsp3) is 0.150. The first-order valence-corrected chi connectivity index (χ1v) is 8.57. The second-order valence-corrected chi connectivity index (χ2v) is 6.16. The van der Waals surface area contributed by atoms with Crippen LogP contribution in [0.5, 0.6) is 0 Å². The van der Waals surface area contributed by atoms with Gasteiger partial charge in [-0.2, -0.15) is 13.2 Å². The number of aliphatic hydroxyl groups is 1. The van der Waals surface area contributed by atoms with Gasteiger partial charge in [0.1, 0.15) is 17.3 Å². The minimum Gasteiger partial charge on any atom is -0.387 e. The number of alkyl halides is 3. The Kier molecular flexibility index (Phi) is 5.79. The van der Waals surface area contributed by atoms with Crippen molar-refractivity contribution in [2.45, 2.75) is 12.3 Å². The first kappa shape index (κ1) is 20.3. The Hall–Kier alpha value is -3.46. The number of nitrogens with one attached hydrogen (secondary N) is 1. The lowest BCUT2D eigenvalue weighted by atomic mass is 10.0. The van der Waals surface area contributed by atoms with Gasteiger partial charge in [-0.15, -0.1) is 0 Å². The highest BCUT2D eigenvalue weighted by atomic mass is 19.4. The number of anilines is 2. The molecule has 1 aromatic carbocycles. The normalized spacial score (nSPS) is 12.4. The summed E-state index contributed by atoms with van der Waals surface area (Å²) >= 11 is 0. The van der Waals surface area contributed by atoms with Crippen LogP contribution in [0.1, 0.15) is 33.3 Å². The second-order valence-electron chi connectivity index (χ2n) is 6.16. The maximum atomic E-state index is 13.4. The van der Waals surface area contributed by atoms with Crippen molar-refractivity contribution in [2.24, 2.45) is 0 Å². The Morgan fingerprint density at radius 3 is 2.48 bits per heavy atom. The van der Waals surface area contributed by atoms with Gasteiger partial charge < -0.3 is 16.2 Å². The van der Waals surface area contributed by atoms with E-state index in [9.17, 15) is 23.1 Å². The summed E-state index contributed by atoms with van der Waals surface area (Å²) < 4.78 is 40.2. The standard InChI is InChI=1S/C20H17F3N4O2/c21-20(22,23)14-8-9-16(26-11-15(28)12-5-2-1-3-6-12)27-17(14)18(29)13-7-4-10-25-19(13)24/h1-10,15,28H,11H2,(H2,24,25)(H,26,27)/t15-/m1/s1. The minimum absolute atomic E-state index is 0.00889. The number of benzene rings is 1. The molecular weight excluding hydrogens is 385 g/mol.